The molecule has 0 radical (unpaired) electrons. The van der Waals surface area contributed by atoms with Crippen LogP contribution in [0, 0.1) is 5.92 Å². The van der Waals surface area contributed by atoms with E-state index in [1.807, 2.05) is 0 Å². The van der Waals surface area contributed by atoms with Crippen molar-refractivity contribution in [3.05, 3.63) is 12.2 Å². The fourth-order valence-corrected chi connectivity index (χ4v) is 6.83. The molecule has 0 amide bonds. The first-order valence-corrected chi connectivity index (χ1v) is 21.0. The second kappa shape index (κ2) is 37.7. The maximum atomic E-state index is 12.7. The van der Waals surface area contributed by atoms with Crippen LogP contribution in [-0.2, 0) is 9.53 Å². The number of hydrogen-bond donors (Lipinski definition) is 0. The third-order valence-corrected chi connectivity index (χ3v) is 9.88. The molecule has 2 heteroatoms. The van der Waals surface area contributed by atoms with Crippen LogP contribution in [0.15, 0.2) is 12.2 Å². The van der Waals surface area contributed by atoms with Gasteiger partial charge in [-0.3, -0.25) is 4.79 Å². The van der Waals surface area contributed by atoms with Crippen molar-refractivity contribution in [1.29, 1.82) is 0 Å². The highest BCUT2D eigenvalue weighted by atomic mass is 16.5. The summed E-state index contributed by atoms with van der Waals surface area (Å²) in [5.74, 6) is 0.554. The van der Waals surface area contributed by atoms with Crippen molar-refractivity contribution in [2.24, 2.45) is 5.92 Å². The normalized spacial score (nSPS) is 13.1. The Bertz CT molecular complexity index is 597. The third-order valence-electron chi connectivity index (χ3n) is 9.88. The van der Waals surface area contributed by atoms with Crippen molar-refractivity contribution in [3.63, 3.8) is 0 Å². The lowest BCUT2D eigenvalue weighted by atomic mass is 9.87. The summed E-state index contributed by atoms with van der Waals surface area (Å²) in [6, 6.07) is 0. The number of esters is 1. The molecule has 0 aliphatic carbocycles. The summed E-state index contributed by atoms with van der Waals surface area (Å²) in [5, 5.41) is 0. The van der Waals surface area contributed by atoms with E-state index < -0.39 is 0 Å². The summed E-state index contributed by atoms with van der Waals surface area (Å²) >= 11 is 0. The smallest absolute Gasteiger partial charge is 0.306 e. The molecule has 0 bridgehead atoms. The van der Waals surface area contributed by atoms with E-state index in [9.17, 15) is 4.79 Å². The van der Waals surface area contributed by atoms with E-state index in [2.05, 4.69) is 39.8 Å². The van der Waals surface area contributed by atoms with Crippen LogP contribution in [0.5, 0.6) is 0 Å². The number of rotatable bonds is 37. The molecule has 0 rings (SSSR count). The van der Waals surface area contributed by atoms with Crippen LogP contribution < -0.4 is 0 Å². The van der Waals surface area contributed by atoms with Gasteiger partial charge in [0.15, 0.2) is 0 Å². The molecule has 0 heterocycles. The van der Waals surface area contributed by atoms with Gasteiger partial charge >= 0.3 is 5.97 Å². The molecular weight excluding hydrogens is 548 g/mol. The van der Waals surface area contributed by atoms with Crippen molar-refractivity contribution in [1.82, 2.24) is 0 Å². The Morgan fingerprint density at radius 3 is 1.24 bits per heavy atom. The molecule has 45 heavy (non-hydrogen) atoms. The maximum Gasteiger partial charge on any atom is 0.306 e. The van der Waals surface area contributed by atoms with E-state index in [4.69, 9.17) is 4.74 Å². The van der Waals surface area contributed by atoms with Crippen LogP contribution in [0.2, 0.25) is 0 Å². The second-order valence-electron chi connectivity index (χ2n) is 14.4. The molecule has 0 saturated heterocycles. The van der Waals surface area contributed by atoms with Gasteiger partial charge in [-0.15, -0.1) is 0 Å². The predicted octanol–water partition coefficient (Wildman–Crippen LogP) is 15.4. The van der Waals surface area contributed by atoms with Crippen molar-refractivity contribution < 1.29 is 9.53 Å². The highest BCUT2D eigenvalue weighted by molar-refractivity contribution is 5.69. The summed E-state index contributed by atoms with van der Waals surface area (Å²) < 4.78 is 6.26. The van der Waals surface area contributed by atoms with Gasteiger partial charge in [0.05, 0.1) is 0 Å². The molecule has 0 aromatic carbocycles. The molecular formula is C43H84O2. The Balaban J connectivity index is 4.63. The van der Waals surface area contributed by atoms with Crippen LogP contribution in [0.25, 0.3) is 0 Å². The topological polar surface area (TPSA) is 26.3 Å². The molecule has 0 aliphatic rings. The third kappa shape index (κ3) is 32.9. The number of unbranched alkanes of at least 4 members (excludes halogenated alkanes) is 25. The first kappa shape index (κ1) is 44.2. The van der Waals surface area contributed by atoms with E-state index in [0.717, 1.165) is 19.3 Å². The van der Waals surface area contributed by atoms with Crippen LogP contribution in [0.1, 0.15) is 246 Å². The molecule has 0 fully saturated rings. The molecule has 0 N–H and O–H groups in total. The van der Waals surface area contributed by atoms with Gasteiger partial charge in [0.1, 0.15) is 6.10 Å². The molecule has 2 nitrogen and oxygen atoms in total. The van der Waals surface area contributed by atoms with Crippen LogP contribution in [-0.4, -0.2) is 12.1 Å². The number of carbonyl (C=O) groups is 1. The Morgan fingerprint density at radius 1 is 0.422 bits per heavy atom. The second-order valence-corrected chi connectivity index (χ2v) is 14.4. The van der Waals surface area contributed by atoms with Crippen molar-refractivity contribution in [2.45, 2.75) is 252 Å². The summed E-state index contributed by atoms with van der Waals surface area (Å²) in [5.41, 5.74) is 0. The first-order valence-electron chi connectivity index (χ1n) is 21.0. The summed E-state index contributed by atoms with van der Waals surface area (Å²) in [4.78, 5) is 12.7. The number of hydrogen-bond acceptors (Lipinski definition) is 2. The fraction of sp³-hybridized carbons (Fsp3) is 0.930. The summed E-state index contributed by atoms with van der Waals surface area (Å²) in [7, 11) is 0. The lowest BCUT2D eigenvalue weighted by Gasteiger charge is -2.27. The largest absolute Gasteiger partial charge is 0.462 e. The average Bonchev–Trinajstić information content (AvgIpc) is 3.04. The Labute approximate surface area is 285 Å². The summed E-state index contributed by atoms with van der Waals surface area (Å²) in [6.07, 6.45) is 49.4. The SMILES string of the molecule is CCCCC/C=C\CCC(CCCCCCCCCCCCCC)C(CCCCCCCCCCCCCC)OC(=O)CCC. The van der Waals surface area contributed by atoms with Crippen molar-refractivity contribution in [2.75, 3.05) is 0 Å². The maximum absolute atomic E-state index is 12.7. The minimum Gasteiger partial charge on any atom is -0.462 e. The van der Waals surface area contributed by atoms with Gasteiger partial charge in [-0.2, -0.15) is 0 Å². The molecule has 0 aliphatic heterocycles. The molecule has 2 atom stereocenters. The molecule has 0 aromatic heterocycles. The van der Waals surface area contributed by atoms with Crippen LogP contribution in [0.4, 0.5) is 0 Å². The van der Waals surface area contributed by atoms with Gasteiger partial charge in [0, 0.05) is 6.42 Å². The van der Waals surface area contributed by atoms with E-state index in [1.54, 1.807) is 0 Å². The van der Waals surface area contributed by atoms with E-state index in [1.165, 1.54) is 193 Å². The lowest BCUT2D eigenvalue weighted by Crippen LogP contribution is -2.27. The Kier molecular flexibility index (Phi) is 37.0. The predicted molar refractivity (Wildman–Crippen MR) is 202 cm³/mol. The zero-order valence-corrected chi connectivity index (χ0v) is 31.7. The quantitative estimate of drug-likeness (QED) is 0.0387. The monoisotopic (exact) mass is 633 g/mol. The minimum atomic E-state index is 0.0382. The van der Waals surface area contributed by atoms with Gasteiger partial charge in [0.25, 0.3) is 0 Å². The van der Waals surface area contributed by atoms with Crippen LogP contribution >= 0.6 is 0 Å². The standard InChI is InChI=1S/C43H84O2/c1-5-9-12-15-18-20-22-24-26-29-32-35-39-41(38-34-31-28-17-14-11-7-3)42(45-43(44)37-8-4)40-36-33-30-27-25-23-21-19-16-13-10-6-2/h28,31,41-42H,5-27,29-30,32-40H2,1-4H3/b31-28-. The number of ether oxygens (including phenoxy) is 1. The fourth-order valence-electron chi connectivity index (χ4n) is 6.83. The van der Waals surface area contributed by atoms with Crippen molar-refractivity contribution >= 4 is 5.97 Å². The van der Waals surface area contributed by atoms with Gasteiger partial charge in [0.2, 0.25) is 0 Å². The van der Waals surface area contributed by atoms with Gasteiger partial charge < -0.3 is 4.74 Å². The van der Waals surface area contributed by atoms with Crippen LogP contribution in [0.3, 0.4) is 0 Å². The zero-order valence-electron chi connectivity index (χ0n) is 31.7. The Morgan fingerprint density at radius 2 is 0.800 bits per heavy atom. The van der Waals surface area contributed by atoms with Crippen molar-refractivity contribution in [3.8, 4) is 0 Å². The zero-order chi connectivity index (χ0) is 32.9. The average molecular weight is 633 g/mol. The molecule has 0 saturated carbocycles. The lowest BCUT2D eigenvalue weighted by molar-refractivity contribution is -0.152. The van der Waals surface area contributed by atoms with E-state index in [-0.39, 0.29) is 12.1 Å². The minimum absolute atomic E-state index is 0.0382. The van der Waals surface area contributed by atoms with Gasteiger partial charge in [-0.05, 0) is 57.3 Å². The number of carbonyl (C=O) groups excluding carboxylic acids is 1. The van der Waals surface area contributed by atoms with E-state index >= 15 is 0 Å². The molecule has 0 spiro atoms. The molecule has 0 aromatic rings. The van der Waals surface area contributed by atoms with E-state index in [0.29, 0.717) is 12.3 Å². The molecule has 268 valence electrons. The highest BCUT2D eigenvalue weighted by Gasteiger charge is 2.24. The van der Waals surface area contributed by atoms with Gasteiger partial charge in [-0.1, -0.05) is 200 Å². The number of allylic oxidation sites excluding steroid dienone is 2. The summed E-state index contributed by atoms with van der Waals surface area (Å²) in [6.45, 7) is 8.97. The highest BCUT2D eigenvalue weighted by Crippen LogP contribution is 2.27. The Hall–Kier alpha value is -0.790. The molecule has 2 unspecified atom stereocenters. The first-order chi connectivity index (χ1) is 22.2. The van der Waals surface area contributed by atoms with Gasteiger partial charge in [-0.25, -0.2) is 0 Å².